The van der Waals surface area contributed by atoms with Gasteiger partial charge in [-0.2, -0.15) is 0 Å². The SMILES string of the molecule is CC(C)C(=O)N1CCC(N)C(O)C1. The second-order valence-electron chi connectivity index (χ2n) is 3.96. The number of amides is 1. The number of piperidine rings is 1. The van der Waals surface area contributed by atoms with Crippen LogP contribution >= 0.6 is 0 Å². The van der Waals surface area contributed by atoms with Crippen LogP contribution in [0.1, 0.15) is 20.3 Å². The first kappa shape index (κ1) is 10.5. The van der Waals surface area contributed by atoms with E-state index in [1.807, 2.05) is 13.8 Å². The molecule has 2 unspecified atom stereocenters. The van der Waals surface area contributed by atoms with Crippen molar-refractivity contribution in [1.29, 1.82) is 0 Å². The molecule has 0 aromatic carbocycles. The summed E-state index contributed by atoms with van der Waals surface area (Å²) in [6.07, 6.45) is 0.135. The van der Waals surface area contributed by atoms with Crippen molar-refractivity contribution in [2.45, 2.75) is 32.4 Å². The number of carbonyl (C=O) groups is 1. The minimum atomic E-state index is -0.559. The molecule has 1 fully saturated rings. The molecule has 1 aliphatic rings. The molecule has 3 N–H and O–H groups in total. The zero-order valence-corrected chi connectivity index (χ0v) is 8.23. The fraction of sp³-hybridized carbons (Fsp3) is 0.889. The molecule has 76 valence electrons. The Bertz CT molecular complexity index is 194. The highest BCUT2D eigenvalue weighted by molar-refractivity contribution is 5.78. The molecule has 0 radical (unpaired) electrons. The highest BCUT2D eigenvalue weighted by atomic mass is 16.3. The lowest BCUT2D eigenvalue weighted by molar-refractivity contribution is -0.137. The standard InChI is InChI=1S/C9H18N2O2/c1-6(2)9(13)11-4-3-7(10)8(12)5-11/h6-8,12H,3-5,10H2,1-2H3. The topological polar surface area (TPSA) is 66.6 Å². The van der Waals surface area contributed by atoms with E-state index in [0.29, 0.717) is 19.5 Å². The first-order valence-corrected chi connectivity index (χ1v) is 4.74. The van der Waals surface area contributed by atoms with Crippen molar-refractivity contribution in [2.75, 3.05) is 13.1 Å². The van der Waals surface area contributed by atoms with Crippen molar-refractivity contribution < 1.29 is 9.90 Å². The predicted molar refractivity (Wildman–Crippen MR) is 50.0 cm³/mol. The van der Waals surface area contributed by atoms with Gasteiger partial charge < -0.3 is 15.7 Å². The second-order valence-corrected chi connectivity index (χ2v) is 3.96. The lowest BCUT2D eigenvalue weighted by atomic mass is 10.0. The number of hydrogen-bond acceptors (Lipinski definition) is 3. The molecule has 0 aliphatic carbocycles. The molecular weight excluding hydrogens is 168 g/mol. The zero-order chi connectivity index (χ0) is 10.0. The Hall–Kier alpha value is -0.610. The average Bonchev–Trinajstić information content (AvgIpc) is 2.08. The molecule has 1 rings (SSSR count). The van der Waals surface area contributed by atoms with Crippen LogP contribution in [0.25, 0.3) is 0 Å². The Kier molecular flexibility index (Phi) is 3.27. The van der Waals surface area contributed by atoms with Crippen molar-refractivity contribution in [3.8, 4) is 0 Å². The first-order chi connectivity index (χ1) is 6.02. The number of likely N-dealkylation sites (tertiary alicyclic amines) is 1. The molecule has 1 saturated heterocycles. The van der Waals surface area contributed by atoms with Crippen LogP contribution in [0.5, 0.6) is 0 Å². The van der Waals surface area contributed by atoms with Crippen LogP contribution in [0.15, 0.2) is 0 Å². The Morgan fingerprint density at radius 1 is 1.62 bits per heavy atom. The van der Waals surface area contributed by atoms with Crippen LogP contribution in [-0.4, -0.2) is 41.1 Å². The molecule has 0 saturated carbocycles. The monoisotopic (exact) mass is 186 g/mol. The fourth-order valence-electron chi connectivity index (χ4n) is 1.52. The van der Waals surface area contributed by atoms with Crippen LogP contribution in [0.2, 0.25) is 0 Å². The molecule has 1 amide bonds. The van der Waals surface area contributed by atoms with Gasteiger partial charge in [-0.15, -0.1) is 0 Å². The van der Waals surface area contributed by atoms with Gasteiger partial charge in [-0.1, -0.05) is 13.8 Å². The minimum Gasteiger partial charge on any atom is -0.390 e. The normalized spacial score (nSPS) is 29.5. The van der Waals surface area contributed by atoms with E-state index in [2.05, 4.69) is 0 Å². The van der Waals surface area contributed by atoms with E-state index in [1.165, 1.54) is 0 Å². The number of rotatable bonds is 1. The minimum absolute atomic E-state index is 0.00141. The summed E-state index contributed by atoms with van der Waals surface area (Å²) in [6.45, 7) is 4.79. The lowest BCUT2D eigenvalue weighted by Gasteiger charge is -2.35. The van der Waals surface area contributed by atoms with E-state index in [4.69, 9.17) is 5.73 Å². The molecule has 1 aliphatic heterocycles. The average molecular weight is 186 g/mol. The maximum Gasteiger partial charge on any atom is 0.225 e. The first-order valence-electron chi connectivity index (χ1n) is 4.74. The van der Waals surface area contributed by atoms with Crippen molar-refractivity contribution in [1.82, 2.24) is 4.90 Å². The number of nitrogens with two attached hydrogens (primary N) is 1. The summed E-state index contributed by atoms with van der Waals surface area (Å²) in [5.74, 6) is 0.104. The largest absolute Gasteiger partial charge is 0.390 e. The molecule has 4 nitrogen and oxygen atoms in total. The summed E-state index contributed by atoms with van der Waals surface area (Å²) in [7, 11) is 0. The molecule has 2 atom stereocenters. The zero-order valence-electron chi connectivity index (χ0n) is 8.23. The van der Waals surface area contributed by atoms with Crippen LogP contribution in [0.4, 0.5) is 0 Å². The van der Waals surface area contributed by atoms with E-state index in [0.717, 1.165) is 0 Å². The third-order valence-electron chi connectivity index (χ3n) is 2.44. The van der Waals surface area contributed by atoms with Gasteiger partial charge in [0, 0.05) is 25.0 Å². The maximum absolute atomic E-state index is 11.5. The summed E-state index contributed by atoms with van der Waals surface area (Å²) in [5.41, 5.74) is 5.63. The van der Waals surface area contributed by atoms with Crippen molar-refractivity contribution in [3.63, 3.8) is 0 Å². The van der Waals surface area contributed by atoms with Gasteiger partial charge in [-0.05, 0) is 6.42 Å². The molecule has 0 bridgehead atoms. The third-order valence-corrected chi connectivity index (χ3v) is 2.44. The van der Waals surface area contributed by atoms with Gasteiger partial charge in [0.1, 0.15) is 0 Å². The van der Waals surface area contributed by atoms with Gasteiger partial charge in [0.05, 0.1) is 6.10 Å². The van der Waals surface area contributed by atoms with E-state index in [-0.39, 0.29) is 17.9 Å². The highest BCUT2D eigenvalue weighted by Gasteiger charge is 2.28. The molecule has 1 heterocycles. The van der Waals surface area contributed by atoms with Crippen LogP contribution in [-0.2, 0) is 4.79 Å². The summed E-state index contributed by atoms with van der Waals surface area (Å²) in [4.78, 5) is 13.2. The number of β-amino-alcohol motifs (C(OH)–C–C–N with tert-alkyl or cyclic N) is 1. The summed E-state index contributed by atoms with van der Waals surface area (Å²) in [6, 6.07) is -0.170. The van der Waals surface area contributed by atoms with Gasteiger partial charge in [0.15, 0.2) is 0 Å². The molecule has 13 heavy (non-hydrogen) atoms. The summed E-state index contributed by atoms with van der Waals surface area (Å²) in [5, 5.41) is 9.46. The fourth-order valence-corrected chi connectivity index (χ4v) is 1.52. The number of aliphatic hydroxyl groups is 1. The highest BCUT2D eigenvalue weighted by Crippen LogP contribution is 2.12. The van der Waals surface area contributed by atoms with Crippen molar-refractivity contribution in [2.24, 2.45) is 11.7 Å². The Labute approximate surface area is 78.7 Å². The van der Waals surface area contributed by atoms with E-state index in [1.54, 1.807) is 4.90 Å². The second kappa shape index (κ2) is 4.07. The van der Waals surface area contributed by atoms with Gasteiger partial charge in [0.25, 0.3) is 0 Å². The predicted octanol–water partition coefficient (Wildman–Crippen LogP) is -0.437. The Balaban J connectivity index is 2.50. The number of aliphatic hydroxyl groups excluding tert-OH is 1. The van der Waals surface area contributed by atoms with Gasteiger partial charge >= 0.3 is 0 Å². The van der Waals surface area contributed by atoms with Crippen LogP contribution in [0, 0.1) is 5.92 Å². The van der Waals surface area contributed by atoms with Crippen molar-refractivity contribution >= 4 is 5.91 Å². The summed E-state index contributed by atoms with van der Waals surface area (Å²) < 4.78 is 0. The van der Waals surface area contributed by atoms with Crippen LogP contribution in [0.3, 0.4) is 0 Å². The lowest BCUT2D eigenvalue weighted by Crippen LogP contribution is -2.53. The summed E-state index contributed by atoms with van der Waals surface area (Å²) >= 11 is 0. The smallest absolute Gasteiger partial charge is 0.225 e. The van der Waals surface area contributed by atoms with E-state index < -0.39 is 6.10 Å². The van der Waals surface area contributed by atoms with Gasteiger partial charge in [-0.25, -0.2) is 0 Å². The van der Waals surface area contributed by atoms with Gasteiger partial charge in [-0.3, -0.25) is 4.79 Å². The molecular formula is C9H18N2O2. The third kappa shape index (κ3) is 2.42. The Morgan fingerprint density at radius 2 is 2.23 bits per heavy atom. The van der Waals surface area contributed by atoms with Crippen LogP contribution < -0.4 is 5.73 Å². The van der Waals surface area contributed by atoms with Gasteiger partial charge in [0.2, 0.25) is 5.91 Å². The maximum atomic E-state index is 11.5. The number of hydrogen-bond donors (Lipinski definition) is 2. The number of nitrogens with zero attached hydrogens (tertiary/aromatic N) is 1. The number of carbonyl (C=O) groups excluding carboxylic acids is 1. The van der Waals surface area contributed by atoms with E-state index >= 15 is 0 Å². The molecule has 0 spiro atoms. The molecule has 0 aromatic heterocycles. The van der Waals surface area contributed by atoms with Crippen molar-refractivity contribution in [3.05, 3.63) is 0 Å². The van der Waals surface area contributed by atoms with E-state index in [9.17, 15) is 9.90 Å². The Morgan fingerprint density at radius 3 is 2.69 bits per heavy atom. The molecule has 0 aromatic rings. The molecule has 4 heteroatoms. The quantitative estimate of drug-likeness (QED) is 0.583.